The summed E-state index contributed by atoms with van der Waals surface area (Å²) in [5.74, 6) is -1.37. The molecule has 20 heteroatoms. The zero-order valence-corrected chi connectivity index (χ0v) is 44.9. The summed E-state index contributed by atoms with van der Waals surface area (Å²) in [4.78, 5) is 117. The van der Waals surface area contributed by atoms with Gasteiger partial charge in [0.25, 0.3) is 0 Å². The summed E-state index contributed by atoms with van der Waals surface area (Å²) in [5.41, 5.74) is 2.37. The van der Waals surface area contributed by atoms with Crippen molar-refractivity contribution in [1.29, 1.82) is 0 Å². The fourth-order valence-corrected chi connectivity index (χ4v) is 12.0. The molecule has 4 heterocycles. The highest BCUT2D eigenvalue weighted by Crippen LogP contribution is 2.39. The van der Waals surface area contributed by atoms with Gasteiger partial charge >= 0.3 is 12.1 Å². The van der Waals surface area contributed by atoms with E-state index in [-0.39, 0.29) is 96.6 Å². The second-order valence-electron chi connectivity index (χ2n) is 21.9. The highest BCUT2D eigenvalue weighted by Gasteiger charge is 2.49. The summed E-state index contributed by atoms with van der Waals surface area (Å²) in [5, 5.41) is 24.1. The largest absolute Gasteiger partial charge is 0.351 e. The van der Waals surface area contributed by atoms with Crippen molar-refractivity contribution < 1.29 is 38.4 Å². The van der Waals surface area contributed by atoms with Crippen LogP contribution in [0.2, 0.25) is 0 Å². The molecular weight excluding hydrogens is 969 g/mol. The maximum atomic E-state index is 14.4. The van der Waals surface area contributed by atoms with E-state index in [1.807, 2.05) is 36.4 Å². The van der Waals surface area contributed by atoms with Gasteiger partial charge in [-0.05, 0) is 116 Å². The Balaban J connectivity index is 0.786. The first-order valence-corrected chi connectivity index (χ1v) is 28.1. The average molecular weight is 1050 g/mol. The minimum atomic E-state index is -1.04. The van der Waals surface area contributed by atoms with Crippen LogP contribution in [0.1, 0.15) is 127 Å². The molecule has 0 spiro atoms. The van der Waals surface area contributed by atoms with Crippen LogP contribution in [0.25, 0.3) is 0 Å². The van der Waals surface area contributed by atoms with Crippen LogP contribution in [0.4, 0.5) is 9.59 Å². The predicted octanol–water partition coefficient (Wildman–Crippen LogP) is 2.41. The maximum Gasteiger partial charge on any atom is 0.317 e. The van der Waals surface area contributed by atoms with Crippen LogP contribution in [0.15, 0.2) is 60.7 Å². The zero-order valence-electron chi connectivity index (χ0n) is 44.9. The molecule has 10 amide bonds. The number of nitrogens with zero attached hydrogens (tertiary/aromatic N) is 4. The number of amides is 10. The van der Waals surface area contributed by atoms with Gasteiger partial charge in [-0.25, -0.2) is 9.59 Å². The minimum Gasteiger partial charge on any atom is -0.351 e. The molecule has 4 saturated heterocycles. The molecule has 0 aromatic heterocycles. The van der Waals surface area contributed by atoms with Crippen molar-refractivity contribution >= 4 is 47.5 Å². The van der Waals surface area contributed by atoms with E-state index >= 15 is 0 Å². The summed E-state index contributed by atoms with van der Waals surface area (Å²) < 4.78 is 0. The van der Waals surface area contributed by atoms with E-state index in [0.29, 0.717) is 77.5 Å². The number of likely N-dealkylation sites (N-methyl/N-ethyl adjacent to an activating group) is 2. The molecule has 4 aliphatic heterocycles. The van der Waals surface area contributed by atoms with Crippen LogP contribution in [-0.2, 0) is 28.8 Å². The molecule has 0 radical (unpaired) electrons. The van der Waals surface area contributed by atoms with Crippen molar-refractivity contribution in [2.45, 2.75) is 176 Å². The van der Waals surface area contributed by atoms with Crippen LogP contribution >= 0.6 is 0 Å². The number of hydrogen-bond acceptors (Lipinski definition) is 10. The van der Waals surface area contributed by atoms with Gasteiger partial charge in [-0.15, -0.1) is 0 Å². The second kappa shape index (κ2) is 26.2. The molecule has 8 rings (SSSR count). The SMILES string of the molecule is CN[C@@H](C)C(=O)N[C@H]1CN(C(=O)NCCCCCCNC(=O)N2CC[C@H]3CC[C@@H](C(=O)N[C@H]4CC[C@@H]4c4ccccc4)N3C(=O)[C@@H](NC(=O)[C@H](C)NC)C2)CC[C@H]2CC[C@@H](C(=O)N[C@H]3CC[C@@H]3c3ccccc3)N2C1=O. The zero-order chi connectivity index (χ0) is 53.9. The van der Waals surface area contributed by atoms with Gasteiger partial charge in [0.2, 0.25) is 35.4 Å². The number of urea groups is 2. The lowest BCUT2D eigenvalue weighted by Gasteiger charge is -2.41. The van der Waals surface area contributed by atoms with Crippen molar-refractivity contribution in [3.05, 3.63) is 71.8 Å². The standard InChI is InChI=1S/C56H82N12O8/c1-35(57-3)49(69)63-45-33-65(31-27-39-19-25-47(67(39)53(45)73)51(71)61-43-23-21-41(43)37-15-9-7-10-16-37)55(75)59-29-13-5-6-14-30-60-56(76)66-32-28-40-20-26-48(68(40)54(74)46(34-66)64-50(70)36(2)58-4)52(72)62-44-24-22-42(44)38-17-11-8-12-18-38/h7-12,15-18,35-36,39-48,57-58H,5-6,13-14,19-34H2,1-4H3,(H,59,75)(H,60,76)(H,61,71)(H,62,72)(H,63,69)(H,64,70)/t35-,36-,39+,40+,41+,42+,43-,44-,45-,46-,47-,48-/m0/s1. The van der Waals surface area contributed by atoms with Gasteiger partial charge in [-0.2, -0.15) is 0 Å². The number of carbonyl (C=O) groups excluding carboxylic acids is 8. The van der Waals surface area contributed by atoms with Crippen LogP contribution < -0.4 is 42.5 Å². The quantitative estimate of drug-likeness (QED) is 0.0956. The number of carbonyl (C=O) groups is 8. The van der Waals surface area contributed by atoms with Crippen LogP contribution in [0.3, 0.4) is 0 Å². The molecule has 20 nitrogen and oxygen atoms in total. The number of hydrogen-bond donors (Lipinski definition) is 8. The number of nitrogens with one attached hydrogen (secondary N) is 8. The molecule has 76 heavy (non-hydrogen) atoms. The number of fused-ring (bicyclic) bond motifs is 2. The van der Waals surface area contributed by atoms with Gasteiger partial charge in [-0.1, -0.05) is 73.5 Å². The van der Waals surface area contributed by atoms with Gasteiger partial charge in [0.1, 0.15) is 24.2 Å². The fourth-order valence-electron chi connectivity index (χ4n) is 12.0. The van der Waals surface area contributed by atoms with Gasteiger partial charge in [-0.3, -0.25) is 28.8 Å². The molecule has 2 aliphatic carbocycles. The lowest BCUT2D eigenvalue weighted by atomic mass is 9.75. The van der Waals surface area contributed by atoms with Gasteiger partial charge in [0.15, 0.2) is 0 Å². The fraction of sp³-hybridized carbons (Fsp3) is 0.643. The normalized spacial score (nSPS) is 28.1. The Hall–Kier alpha value is -6.28. The summed E-state index contributed by atoms with van der Waals surface area (Å²) >= 11 is 0. The van der Waals surface area contributed by atoms with E-state index in [1.54, 1.807) is 47.5 Å². The Morgan fingerprint density at radius 1 is 0.500 bits per heavy atom. The predicted molar refractivity (Wildman–Crippen MR) is 287 cm³/mol. The van der Waals surface area contributed by atoms with Crippen LogP contribution in [0.5, 0.6) is 0 Å². The summed E-state index contributed by atoms with van der Waals surface area (Å²) in [6.45, 7) is 4.79. The van der Waals surface area contributed by atoms with Gasteiger partial charge in [0.05, 0.1) is 25.2 Å². The van der Waals surface area contributed by atoms with Crippen LogP contribution in [0, 0.1) is 0 Å². The first-order valence-electron chi connectivity index (χ1n) is 28.1. The Morgan fingerprint density at radius 2 is 0.895 bits per heavy atom. The number of unbranched alkanes of at least 4 members (excludes halogenated alkanes) is 3. The summed E-state index contributed by atoms with van der Waals surface area (Å²) in [6, 6.07) is 14.5. The monoisotopic (exact) mass is 1050 g/mol. The number of benzene rings is 2. The molecule has 8 N–H and O–H groups in total. The van der Waals surface area contributed by atoms with E-state index in [9.17, 15) is 38.4 Å². The maximum absolute atomic E-state index is 14.4. The minimum absolute atomic E-state index is 0.00825. The molecular formula is C56H82N12O8. The molecule has 414 valence electrons. The van der Waals surface area contributed by atoms with E-state index in [0.717, 1.165) is 38.5 Å². The van der Waals surface area contributed by atoms with Crippen molar-refractivity contribution in [2.75, 3.05) is 53.4 Å². The van der Waals surface area contributed by atoms with E-state index in [2.05, 4.69) is 66.8 Å². The third-order valence-electron chi connectivity index (χ3n) is 17.2. The molecule has 6 fully saturated rings. The first-order chi connectivity index (χ1) is 36.8. The van der Waals surface area contributed by atoms with Crippen LogP contribution in [-0.4, -0.2) is 181 Å². The molecule has 0 unspecified atom stereocenters. The molecule has 2 aromatic rings. The van der Waals surface area contributed by atoms with E-state index in [1.165, 1.54) is 11.1 Å². The highest BCUT2D eigenvalue weighted by atomic mass is 16.2. The Kier molecular flexibility index (Phi) is 19.3. The lowest BCUT2D eigenvalue weighted by Crippen LogP contribution is -2.63. The smallest absolute Gasteiger partial charge is 0.317 e. The van der Waals surface area contributed by atoms with Crippen molar-refractivity contribution in [1.82, 2.24) is 62.1 Å². The third kappa shape index (κ3) is 13.3. The summed E-state index contributed by atoms with van der Waals surface area (Å²) in [7, 11) is 3.32. The first kappa shape index (κ1) is 55.9. The second-order valence-corrected chi connectivity index (χ2v) is 21.9. The van der Waals surface area contributed by atoms with E-state index in [4.69, 9.17) is 0 Å². The highest BCUT2D eigenvalue weighted by molar-refractivity contribution is 5.96. The van der Waals surface area contributed by atoms with Crippen molar-refractivity contribution in [2.24, 2.45) is 0 Å². The average Bonchev–Trinajstić information content (AvgIpc) is 4.05. The Bertz CT molecular complexity index is 2200. The lowest BCUT2D eigenvalue weighted by molar-refractivity contribution is -0.145. The molecule has 2 aromatic carbocycles. The number of rotatable bonds is 19. The Morgan fingerprint density at radius 3 is 1.25 bits per heavy atom. The molecule has 0 bridgehead atoms. The molecule has 12 atom stereocenters. The van der Waals surface area contributed by atoms with Gasteiger partial charge in [0, 0.05) is 62.2 Å². The van der Waals surface area contributed by atoms with Gasteiger partial charge < -0.3 is 62.1 Å². The van der Waals surface area contributed by atoms with E-state index < -0.39 is 36.3 Å². The Labute approximate surface area is 447 Å². The van der Waals surface area contributed by atoms with Crippen molar-refractivity contribution in [3.63, 3.8) is 0 Å². The molecule has 2 saturated carbocycles. The third-order valence-corrected chi connectivity index (χ3v) is 17.2. The summed E-state index contributed by atoms with van der Waals surface area (Å²) in [6.07, 6.45) is 9.86. The van der Waals surface area contributed by atoms with Crippen molar-refractivity contribution in [3.8, 4) is 0 Å². The topological polar surface area (TPSA) is 246 Å². The molecule has 6 aliphatic rings.